The number of rotatable bonds is 2. The normalized spacial score (nSPS) is 16.2. The first-order chi connectivity index (χ1) is 11.4. The molecule has 1 aromatic heterocycles. The van der Waals surface area contributed by atoms with Gasteiger partial charge in [-0.1, -0.05) is 18.2 Å². The number of aromatic nitrogens is 2. The van der Waals surface area contributed by atoms with Crippen molar-refractivity contribution in [2.24, 2.45) is 0 Å². The van der Waals surface area contributed by atoms with Gasteiger partial charge in [-0.25, -0.2) is 9.48 Å². The Morgan fingerprint density at radius 2 is 1.79 bits per heavy atom. The summed E-state index contributed by atoms with van der Waals surface area (Å²) >= 11 is 0. The number of para-hydroxylation sites is 1. The summed E-state index contributed by atoms with van der Waals surface area (Å²) in [7, 11) is 0. The van der Waals surface area contributed by atoms with E-state index in [1.54, 1.807) is 4.90 Å². The monoisotopic (exact) mass is 327 g/mol. The summed E-state index contributed by atoms with van der Waals surface area (Å²) in [5.41, 5.74) is 1.72. The maximum absolute atomic E-state index is 12.1. The molecule has 5 heteroatoms. The molecule has 0 N–H and O–H groups in total. The molecule has 1 amide bonds. The lowest BCUT2D eigenvalue weighted by Crippen LogP contribution is -2.41. The summed E-state index contributed by atoms with van der Waals surface area (Å²) < 4.78 is 7.36. The highest BCUT2D eigenvalue weighted by atomic mass is 16.6. The summed E-state index contributed by atoms with van der Waals surface area (Å²) in [5, 5.41) is 4.72. The number of amides is 1. The van der Waals surface area contributed by atoms with Crippen LogP contribution in [0, 0.1) is 0 Å². The molecule has 128 valence electrons. The first kappa shape index (κ1) is 16.6. The van der Waals surface area contributed by atoms with E-state index in [-0.39, 0.29) is 6.09 Å². The summed E-state index contributed by atoms with van der Waals surface area (Å²) in [6, 6.07) is 12.2. The van der Waals surface area contributed by atoms with Crippen LogP contribution < -0.4 is 0 Å². The SMILES string of the molecule is CC(C)(C)OC(=O)N1CCC(c2ccn(-c3ccccc3)n2)CC1. The summed E-state index contributed by atoms with van der Waals surface area (Å²) in [6.45, 7) is 7.13. The Morgan fingerprint density at radius 1 is 1.12 bits per heavy atom. The third-order valence-electron chi connectivity index (χ3n) is 4.20. The van der Waals surface area contributed by atoms with Crippen molar-refractivity contribution in [3.63, 3.8) is 0 Å². The van der Waals surface area contributed by atoms with Gasteiger partial charge in [0.05, 0.1) is 11.4 Å². The van der Waals surface area contributed by atoms with Gasteiger partial charge in [0, 0.05) is 25.2 Å². The van der Waals surface area contributed by atoms with Gasteiger partial charge < -0.3 is 9.64 Å². The lowest BCUT2D eigenvalue weighted by atomic mass is 9.94. The number of likely N-dealkylation sites (tertiary alicyclic amines) is 1. The molecular formula is C19H25N3O2. The van der Waals surface area contributed by atoms with Gasteiger partial charge in [0.2, 0.25) is 0 Å². The quantitative estimate of drug-likeness (QED) is 0.838. The third kappa shape index (κ3) is 3.96. The van der Waals surface area contributed by atoms with E-state index < -0.39 is 5.60 Å². The number of benzene rings is 1. The van der Waals surface area contributed by atoms with Crippen molar-refractivity contribution in [3.05, 3.63) is 48.3 Å². The van der Waals surface area contributed by atoms with Crippen molar-refractivity contribution in [2.75, 3.05) is 13.1 Å². The van der Waals surface area contributed by atoms with Crippen LogP contribution in [-0.2, 0) is 4.74 Å². The van der Waals surface area contributed by atoms with Crippen LogP contribution in [0.1, 0.15) is 45.2 Å². The largest absolute Gasteiger partial charge is 0.444 e. The maximum Gasteiger partial charge on any atom is 0.410 e. The van der Waals surface area contributed by atoms with Crippen LogP contribution in [-0.4, -0.2) is 39.5 Å². The number of nitrogens with zero attached hydrogens (tertiary/aromatic N) is 3. The van der Waals surface area contributed by atoms with Gasteiger partial charge in [-0.15, -0.1) is 0 Å². The number of hydrogen-bond acceptors (Lipinski definition) is 3. The molecule has 5 nitrogen and oxygen atoms in total. The second kappa shape index (κ2) is 6.67. The zero-order valence-corrected chi connectivity index (χ0v) is 14.6. The van der Waals surface area contributed by atoms with Gasteiger partial charge in [-0.05, 0) is 51.8 Å². The molecule has 0 aliphatic carbocycles. The summed E-state index contributed by atoms with van der Waals surface area (Å²) in [4.78, 5) is 13.9. The van der Waals surface area contributed by atoms with E-state index in [1.807, 2.05) is 62.0 Å². The van der Waals surface area contributed by atoms with Gasteiger partial charge in [0.1, 0.15) is 5.60 Å². The highest BCUT2D eigenvalue weighted by molar-refractivity contribution is 5.68. The average Bonchev–Trinajstić information content (AvgIpc) is 3.04. The van der Waals surface area contributed by atoms with E-state index in [1.165, 1.54) is 0 Å². The molecule has 1 aliphatic heterocycles. The van der Waals surface area contributed by atoms with Crippen molar-refractivity contribution < 1.29 is 9.53 Å². The number of piperidine rings is 1. The van der Waals surface area contributed by atoms with E-state index in [4.69, 9.17) is 9.84 Å². The lowest BCUT2D eigenvalue weighted by Gasteiger charge is -2.32. The highest BCUT2D eigenvalue weighted by Gasteiger charge is 2.28. The Bertz CT molecular complexity index is 680. The molecule has 0 bridgehead atoms. The maximum atomic E-state index is 12.1. The van der Waals surface area contributed by atoms with E-state index in [0.717, 1.165) is 37.3 Å². The number of ether oxygens (including phenoxy) is 1. The smallest absolute Gasteiger partial charge is 0.410 e. The molecule has 0 unspecified atom stereocenters. The average molecular weight is 327 g/mol. The molecule has 0 atom stereocenters. The van der Waals surface area contributed by atoms with Crippen LogP contribution in [0.3, 0.4) is 0 Å². The molecule has 0 spiro atoms. The van der Waals surface area contributed by atoms with Crippen LogP contribution in [0.25, 0.3) is 5.69 Å². The molecule has 2 heterocycles. The fourth-order valence-electron chi connectivity index (χ4n) is 2.96. The second-order valence-electron chi connectivity index (χ2n) is 7.26. The van der Waals surface area contributed by atoms with E-state index >= 15 is 0 Å². The topological polar surface area (TPSA) is 47.4 Å². The first-order valence-electron chi connectivity index (χ1n) is 8.51. The first-order valence-corrected chi connectivity index (χ1v) is 8.51. The Labute approximate surface area is 143 Å². The van der Waals surface area contributed by atoms with Crippen molar-refractivity contribution >= 4 is 6.09 Å². The molecule has 24 heavy (non-hydrogen) atoms. The number of carbonyl (C=O) groups excluding carboxylic acids is 1. The Kier molecular flexibility index (Phi) is 4.60. The van der Waals surface area contributed by atoms with Crippen molar-refractivity contribution in [1.29, 1.82) is 0 Å². The Hall–Kier alpha value is -2.30. The van der Waals surface area contributed by atoms with Crippen LogP contribution in [0.4, 0.5) is 4.79 Å². The minimum atomic E-state index is -0.442. The Balaban J connectivity index is 1.59. The number of carbonyl (C=O) groups is 1. The Morgan fingerprint density at radius 3 is 2.42 bits per heavy atom. The fraction of sp³-hybridized carbons (Fsp3) is 0.474. The van der Waals surface area contributed by atoms with Crippen molar-refractivity contribution in [1.82, 2.24) is 14.7 Å². The fourth-order valence-corrected chi connectivity index (χ4v) is 2.96. The molecule has 0 radical (unpaired) electrons. The van der Waals surface area contributed by atoms with Crippen LogP contribution in [0.2, 0.25) is 0 Å². The zero-order chi connectivity index (χ0) is 17.2. The van der Waals surface area contributed by atoms with Gasteiger partial charge in [0.15, 0.2) is 0 Å². The zero-order valence-electron chi connectivity index (χ0n) is 14.6. The number of hydrogen-bond donors (Lipinski definition) is 0. The van der Waals surface area contributed by atoms with E-state index in [0.29, 0.717) is 5.92 Å². The van der Waals surface area contributed by atoms with Crippen molar-refractivity contribution in [3.8, 4) is 5.69 Å². The minimum absolute atomic E-state index is 0.212. The molecule has 1 saturated heterocycles. The third-order valence-corrected chi connectivity index (χ3v) is 4.20. The van der Waals surface area contributed by atoms with Gasteiger partial charge in [-0.2, -0.15) is 5.10 Å². The molecule has 1 fully saturated rings. The summed E-state index contributed by atoms with van der Waals surface area (Å²) in [5.74, 6) is 0.397. The van der Waals surface area contributed by atoms with Gasteiger partial charge in [0.25, 0.3) is 0 Å². The van der Waals surface area contributed by atoms with Crippen LogP contribution in [0.5, 0.6) is 0 Å². The second-order valence-corrected chi connectivity index (χ2v) is 7.26. The lowest BCUT2D eigenvalue weighted by molar-refractivity contribution is 0.0204. The van der Waals surface area contributed by atoms with Gasteiger partial charge >= 0.3 is 6.09 Å². The van der Waals surface area contributed by atoms with Crippen LogP contribution in [0.15, 0.2) is 42.6 Å². The molecular weight excluding hydrogens is 302 g/mol. The molecule has 1 aromatic carbocycles. The van der Waals surface area contributed by atoms with Gasteiger partial charge in [-0.3, -0.25) is 0 Å². The highest BCUT2D eigenvalue weighted by Crippen LogP contribution is 2.28. The standard InChI is InChI=1S/C19H25N3O2/c1-19(2,3)24-18(23)21-12-9-15(10-13-21)17-11-14-22(20-17)16-7-5-4-6-8-16/h4-8,11,14-15H,9-10,12-13H2,1-3H3. The van der Waals surface area contributed by atoms with Crippen LogP contribution >= 0.6 is 0 Å². The summed E-state index contributed by atoms with van der Waals surface area (Å²) in [6.07, 6.45) is 3.64. The van der Waals surface area contributed by atoms with E-state index in [2.05, 4.69) is 6.07 Å². The molecule has 0 saturated carbocycles. The van der Waals surface area contributed by atoms with Crippen molar-refractivity contribution in [2.45, 2.75) is 45.1 Å². The molecule has 3 rings (SSSR count). The molecule has 2 aromatic rings. The van der Waals surface area contributed by atoms with E-state index in [9.17, 15) is 4.79 Å². The molecule has 1 aliphatic rings. The minimum Gasteiger partial charge on any atom is -0.444 e. The predicted octanol–water partition coefficient (Wildman–Crippen LogP) is 3.99. The predicted molar refractivity (Wildman–Crippen MR) is 93.3 cm³/mol.